The number of benzene rings is 1. The zero-order valence-electron chi connectivity index (χ0n) is 10.5. The fourth-order valence-corrected chi connectivity index (χ4v) is 2.69. The Balaban J connectivity index is 1.91. The van der Waals surface area contributed by atoms with Gasteiger partial charge in [0.2, 0.25) is 0 Å². The largest absolute Gasteiger partial charge is 0.386 e. The standard InChI is InChI=1S/C15H12Cl2N2O/c16-11-4-3-5-12(17)10(11)8-14(20)13-9-19-7-2-1-6-15(19)18-13/h1-7,9,14,20H,8H2. The second kappa shape index (κ2) is 5.44. The first-order valence-electron chi connectivity index (χ1n) is 6.20. The van der Waals surface area contributed by atoms with Crippen molar-refractivity contribution in [1.82, 2.24) is 9.38 Å². The van der Waals surface area contributed by atoms with Crippen LogP contribution in [0.3, 0.4) is 0 Å². The first kappa shape index (κ1) is 13.4. The Morgan fingerprint density at radius 2 is 1.85 bits per heavy atom. The van der Waals surface area contributed by atoms with Crippen molar-refractivity contribution in [3.8, 4) is 0 Å². The summed E-state index contributed by atoms with van der Waals surface area (Å²) in [4.78, 5) is 4.39. The second-order valence-electron chi connectivity index (χ2n) is 4.55. The summed E-state index contributed by atoms with van der Waals surface area (Å²) in [5, 5.41) is 11.4. The molecule has 1 aromatic carbocycles. The van der Waals surface area contributed by atoms with E-state index in [4.69, 9.17) is 23.2 Å². The van der Waals surface area contributed by atoms with E-state index in [0.717, 1.165) is 11.2 Å². The van der Waals surface area contributed by atoms with Crippen LogP contribution in [0.1, 0.15) is 17.4 Å². The molecule has 1 unspecified atom stereocenters. The van der Waals surface area contributed by atoms with E-state index in [1.165, 1.54) is 0 Å². The number of aliphatic hydroxyl groups is 1. The number of rotatable bonds is 3. The predicted octanol–water partition coefficient (Wildman–Crippen LogP) is 3.92. The molecule has 2 aromatic heterocycles. The maximum atomic E-state index is 10.3. The predicted molar refractivity (Wildman–Crippen MR) is 80.3 cm³/mol. The van der Waals surface area contributed by atoms with Crippen LogP contribution in [-0.2, 0) is 6.42 Å². The summed E-state index contributed by atoms with van der Waals surface area (Å²) in [5.41, 5.74) is 2.14. The highest BCUT2D eigenvalue weighted by Crippen LogP contribution is 2.29. The van der Waals surface area contributed by atoms with Gasteiger partial charge >= 0.3 is 0 Å². The third-order valence-electron chi connectivity index (χ3n) is 3.18. The monoisotopic (exact) mass is 306 g/mol. The molecular formula is C15H12Cl2N2O. The van der Waals surface area contributed by atoms with Crippen LogP contribution in [0.2, 0.25) is 10.0 Å². The number of imidazole rings is 1. The number of hydrogen-bond acceptors (Lipinski definition) is 2. The fraction of sp³-hybridized carbons (Fsp3) is 0.133. The quantitative estimate of drug-likeness (QED) is 0.796. The van der Waals surface area contributed by atoms with Crippen LogP contribution < -0.4 is 0 Å². The summed E-state index contributed by atoms with van der Waals surface area (Å²) in [6, 6.07) is 11.0. The Bertz CT molecular complexity index is 701. The molecule has 0 amide bonds. The normalized spacial score (nSPS) is 12.8. The van der Waals surface area contributed by atoms with Gasteiger partial charge in [-0.1, -0.05) is 35.3 Å². The van der Waals surface area contributed by atoms with Gasteiger partial charge in [-0.3, -0.25) is 0 Å². The van der Waals surface area contributed by atoms with Gasteiger partial charge in [-0.15, -0.1) is 0 Å². The first-order chi connectivity index (χ1) is 9.65. The highest BCUT2D eigenvalue weighted by Gasteiger charge is 2.16. The molecule has 0 bridgehead atoms. The van der Waals surface area contributed by atoms with Gasteiger partial charge in [0, 0.05) is 28.9 Å². The van der Waals surface area contributed by atoms with Crippen molar-refractivity contribution in [2.75, 3.05) is 0 Å². The van der Waals surface area contributed by atoms with Crippen LogP contribution >= 0.6 is 23.2 Å². The molecule has 0 fully saturated rings. The number of hydrogen-bond donors (Lipinski definition) is 1. The van der Waals surface area contributed by atoms with Gasteiger partial charge in [0.1, 0.15) is 11.8 Å². The Hall–Kier alpha value is -1.55. The van der Waals surface area contributed by atoms with Crippen molar-refractivity contribution in [1.29, 1.82) is 0 Å². The molecule has 20 heavy (non-hydrogen) atoms. The lowest BCUT2D eigenvalue weighted by Gasteiger charge is -2.10. The van der Waals surface area contributed by atoms with Crippen LogP contribution in [0.5, 0.6) is 0 Å². The Kier molecular flexibility index (Phi) is 3.66. The topological polar surface area (TPSA) is 37.5 Å². The summed E-state index contributed by atoms with van der Waals surface area (Å²) >= 11 is 12.2. The van der Waals surface area contributed by atoms with Gasteiger partial charge in [-0.25, -0.2) is 4.98 Å². The molecule has 1 atom stereocenters. The Morgan fingerprint density at radius 3 is 2.55 bits per heavy atom. The summed E-state index contributed by atoms with van der Waals surface area (Å²) in [6.07, 6.45) is 3.29. The lowest BCUT2D eigenvalue weighted by Crippen LogP contribution is -2.03. The van der Waals surface area contributed by atoms with E-state index in [1.54, 1.807) is 18.2 Å². The minimum Gasteiger partial charge on any atom is -0.386 e. The van der Waals surface area contributed by atoms with Crippen LogP contribution in [0.4, 0.5) is 0 Å². The van der Waals surface area contributed by atoms with Crippen molar-refractivity contribution in [2.45, 2.75) is 12.5 Å². The zero-order chi connectivity index (χ0) is 14.1. The Labute approximate surface area is 126 Å². The molecule has 0 aliphatic rings. The highest BCUT2D eigenvalue weighted by molar-refractivity contribution is 6.35. The van der Waals surface area contributed by atoms with Gasteiger partial charge < -0.3 is 9.51 Å². The van der Waals surface area contributed by atoms with Crippen molar-refractivity contribution < 1.29 is 5.11 Å². The maximum Gasteiger partial charge on any atom is 0.137 e. The van der Waals surface area contributed by atoms with Gasteiger partial charge in [0.15, 0.2) is 0 Å². The molecule has 0 saturated heterocycles. The SMILES string of the molecule is OC(Cc1c(Cl)cccc1Cl)c1cn2ccccc2n1. The molecule has 0 radical (unpaired) electrons. The van der Waals surface area contributed by atoms with Crippen molar-refractivity contribution in [3.05, 3.63) is 70.1 Å². The molecule has 5 heteroatoms. The molecule has 0 aliphatic carbocycles. The molecule has 0 spiro atoms. The van der Waals surface area contributed by atoms with E-state index < -0.39 is 6.10 Å². The molecule has 1 N–H and O–H groups in total. The first-order valence-corrected chi connectivity index (χ1v) is 6.95. The van der Waals surface area contributed by atoms with Gasteiger partial charge in [0.25, 0.3) is 0 Å². The van der Waals surface area contributed by atoms with Crippen LogP contribution in [0, 0.1) is 0 Å². The average molecular weight is 307 g/mol. The van der Waals surface area contributed by atoms with E-state index in [-0.39, 0.29) is 0 Å². The average Bonchev–Trinajstić information content (AvgIpc) is 2.87. The van der Waals surface area contributed by atoms with E-state index >= 15 is 0 Å². The fourth-order valence-electron chi connectivity index (χ4n) is 2.14. The van der Waals surface area contributed by atoms with Crippen LogP contribution in [-0.4, -0.2) is 14.5 Å². The van der Waals surface area contributed by atoms with E-state index in [0.29, 0.717) is 22.2 Å². The van der Waals surface area contributed by atoms with E-state index in [1.807, 2.05) is 35.0 Å². The van der Waals surface area contributed by atoms with Crippen molar-refractivity contribution in [2.24, 2.45) is 0 Å². The van der Waals surface area contributed by atoms with E-state index in [2.05, 4.69) is 4.98 Å². The summed E-state index contributed by atoms with van der Waals surface area (Å²) in [7, 11) is 0. The number of aliphatic hydroxyl groups excluding tert-OH is 1. The molecule has 3 nitrogen and oxygen atoms in total. The minimum atomic E-state index is -0.743. The third kappa shape index (κ3) is 2.52. The highest BCUT2D eigenvalue weighted by atomic mass is 35.5. The van der Waals surface area contributed by atoms with Gasteiger partial charge in [-0.05, 0) is 29.8 Å². The summed E-state index contributed by atoms with van der Waals surface area (Å²) < 4.78 is 1.87. The van der Waals surface area contributed by atoms with Crippen molar-refractivity contribution >= 4 is 28.8 Å². The number of nitrogens with zero attached hydrogens (tertiary/aromatic N) is 2. The lowest BCUT2D eigenvalue weighted by molar-refractivity contribution is 0.174. The van der Waals surface area contributed by atoms with Crippen molar-refractivity contribution in [3.63, 3.8) is 0 Å². The Morgan fingerprint density at radius 1 is 1.10 bits per heavy atom. The molecule has 3 rings (SSSR count). The number of halogens is 2. The lowest BCUT2D eigenvalue weighted by atomic mass is 10.1. The maximum absolute atomic E-state index is 10.3. The van der Waals surface area contributed by atoms with Gasteiger partial charge in [0.05, 0.1) is 5.69 Å². The smallest absolute Gasteiger partial charge is 0.137 e. The minimum absolute atomic E-state index is 0.336. The van der Waals surface area contributed by atoms with E-state index in [9.17, 15) is 5.11 Å². The molecule has 0 saturated carbocycles. The summed E-state index contributed by atoms with van der Waals surface area (Å²) in [6.45, 7) is 0. The molecule has 0 aliphatic heterocycles. The van der Waals surface area contributed by atoms with Crippen LogP contribution in [0.25, 0.3) is 5.65 Å². The number of pyridine rings is 1. The molecular weight excluding hydrogens is 295 g/mol. The van der Waals surface area contributed by atoms with Gasteiger partial charge in [-0.2, -0.15) is 0 Å². The summed E-state index contributed by atoms with van der Waals surface area (Å²) in [5.74, 6) is 0. The molecule has 2 heterocycles. The number of fused-ring (bicyclic) bond motifs is 1. The van der Waals surface area contributed by atoms with Crippen LogP contribution in [0.15, 0.2) is 48.8 Å². The molecule has 102 valence electrons. The number of aromatic nitrogens is 2. The molecule has 3 aromatic rings. The zero-order valence-corrected chi connectivity index (χ0v) is 12.0. The third-order valence-corrected chi connectivity index (χ3v) is 3.89. The second-order valence-corrected chi connectivity index (χ2v) is 5.37.